The monoisotopic (exact) mass is 269 g/mol. The molecule has 0 radical (unpaired) electrons. The Balaban J connectivity index is 1.89. The van der Waals surface area contributed by atoms with Crippen LogP contribution in [0.5, 0.6) is 5.75 Å². The Labute approximate surface area is 121 Å². The molecule has 1 aliphatic carbocycles. The van der Waals surface area contributed by atoms with Crippen LogP contribution in [0.15, 0.2) is 36.0 Å². The lowest BCUT2D eigenvalue weighted by Gasteiger charge is -2.24. The molecule has 1 aliphatic heterocycles. The van der Waals surface area contributed by atoms with Crippen LogP contribution in [0.1, 0.15) is 49.1 Å². The Bertz CT molecular complexity index is 524. The van der Waals surface area contributed by atoms with E-state index in [1.807, 2.05) is 6.20 Å². The molecule has 2 heteroatoms. The van der Waals surface area contributed by atoms with Crippen LogP contribution < -0.4 is 10.1 Å². The molecular formula is C18H23NO. The van der Waals surface area contributed by atoms with Crippen molar-refractivity contribution < 1.29 is 4.74 Å². The minimum atomic E-state index is 0.675. The molecule has 0 amide bonds. The van der Waals surface area contributed by atoms with Crippen LogP contribution >= 0.6 is 0 Å². The molecule has 0 bridgehead atoms. The highest BCUT2D eigenvalue weighted by molar-refractivity contribution is 5.60. The van der Waals surface area contributed by atoms with Crippen molar-refractivity contribution in [1.82, 2.24) is 5.32 Å². The van der Waals surface area contributed by atoms with E-state index in [2.05, 4.69) is 35.7 Å². The van der Waals surface area contributed by atoms with E-state index in [0.29, 0.717) is 5.92 Å². The number of nitrogens with one attached hydrogen (secondary N) is 1. The number of hydrogen-bond donors (Lipinski definition) is 1. The van der Waals surface area contributed by atoms with Crippen LogP contribution in [-0.2, 0) is 0 Å². The minimum absolute atomic E-state index is 0.675. The second-order valence-electron chi connectivity index (χ2n) is 5.77. The fraction of sp³-hybridized carbons (Fsp3) is 0.444. The maximum atomic E-state index is 5.58. The molecular weight excluding hydrogens is 246 g/mol. The lowest BCUT2D eigenvalue weighted by atomic mass is 9.83. The first-order valence-electron chi connectivity index (χ1n) is 7.65. The van der Waals surface area contributed by atoms with Crippen LogP contribution in [0.2, 0.25) is 0 Å². The van der Waals surface area contributed by atoms with Gasteiger partial charge in [0.2, 0.25) is 0 Å². The van der Waals surface area contributed by atoms with Gasteiger partial charge in [0.05, 0.1) is 7.11 Å². The van der Waals surface area contributed by atoms with Gasteiger partial charge in [-0.3, -0.25) is 0 Å². The number of benzene rings is 1. The summed E-state index contributed by atoms with van der Waals surface area (Å²) in [6, 6.07) is 6.61. The summed E-state index contributed by atoms with van der Waals surface area (Å²) in [5.41, 5.74) is 4.02. The molecule has 20 heavy (non-hydrogen) atoms. The smallest absolute Gasteiger partial charge is 0.122 e. The minimum Gasteiger partial charge on any atom is -0.496 e. The Morgan fingerprint density at radius 3 is 2.75 bits per heavy atom. The fourth-order valence-electron chi connectivity index (χ4n) is 3.29. The average Bonchev–Trinajstić information content (AvgIpc) is 3.01. The summed E-state index contributed by atoms with van der Waals surface area (Å²) in [5.74, 6) is 1.73. The van der Waals surface area contributed by atoms with Crippen molar-refractivity contribution in [3.05, 3.63) is 47.2 Å². The van der Waals surface area contributed by atoms with E-state index in [9.17, 15) is 0 Å². The maximum Gasteiger partial charge on any atom is 0.122 e. The van der Waals surface area contributed by atoms with Crippen LogP contribution in [0.4, 0.5) is 0 Å². The number of hydrogen-bond acceptors (Lipinski definition) is 2. The van der Waals surface area contributed by atoms with E-state index in [1.54, 1.807) is 7.11 Å². The normalized spacial score (nSPS) is 21.1. The van der Waals surface area contributed by atoms with Crippen molar-refractivity contribution in [3.63, 3.8) is 0 Å². The summed E-state index contributed by atoms with van der Waals surface area (Å²) in [6.07, 6.45) is 13.1. The molecule has 2 aliphatic rings. The summed E-state index contributed by atoms with van der Waals surface area (Å²) in [5, 5.41) is 3.22. The third-order valence-electron chi connectivity index (χ3n) is 4.37. The fourth-order valence-corrected chi connectivity index (χ4v) is 3.29. The Morgan fingerprint density at radius 1 is 1.20 bits per heavy atom. The average molecular weight is 269 g/mol. The predicted octanol–water partition coefficient (Wildman–Crippen LogP) is 4.24. The number of rotatable bonds is 3. The second-order valence-corrected chi connectivity index (χ2v) is 5.77. The first-order valence-corrected chi connectivity index (χ1v) is 7.65. The van der Waals surface area contributed by atoms with Gasteiger partial charge in [-0.15, -0.1) is 0 Å². The maximum absolute atomic E-state index is 5.58. The van der Waals surface area contributed by atoms with Crippen LogP contribution in [0.25, 0.3) is 6.08 Å². The van der Waals surface area contributed by atoms with Gasteiger partial charge in [0.15, 0.2) is 0 Å². The first kappa shape index (κ1) is 13.3. The Hall–Kier alpha value is -1.70. The van der Waals surface area contributed by atoms with Gasteiger partial charge in [-0.2, -0.15) is 0 Å². The molecule has 0 spiro atoms. The van der Waals surface area contributed by atoms with E-state index in [0.717, 1.165) is 12.3 Å². The second kappa shape index (κ2) is 6.17. The summed E-state index contributed by atoms with van der Waals surface area (Å²) in [4.78, 5) is 0. The number of methoxy groups -OCH3 is 1. The van der Waals surface area contributed by atoms with Gasteiger partial charge in [0.1, 0.15) is 5.75 Å². The van der Waals surface area contributed by atoms with Gasteiger partial charge >= 0.3 is 0 Å². The third-order valence-corrected chi connectivity index (χ3v) is 4.37. The SMILES string of the molecule is COc1ccc(C=C2C=CNC2)cc1C1CCCCC1. The number of ether oxygens (including phenoxy) is 1. The zero-order valence-corrected chi connectivity index (χ0v) is 12.2. The molecule has 0 unspecified atom stereocenters. The molecule has 1 aromatic carbocycles. The van der Waals surface area contributed by atoms with Crippen LogP contribution in [0.3, 0.4) is 0 Å². The van der Waals surface area contributed by atoms with Crippen molar-refractivity contribution >= 4 is 6.08 Å². The van der Waals surface area contributed by atoms with Gasteiger partial charge in [0.25, 0.3) is 0 Å². The third kappa shape index (κ3) is 2.90. The van der Waals surface area contributed by atoms with E-state index in [-0.39, 0.29) is 0 Å². The molecule has 0 saturated heterocycles. The van der Waals surface area contributed by atoms with Crippen molar-refractivity contribution in [2.24, 2.45) is 0 Å². The molecule has 3 rings (SSSR count). The molecule has 0 atom stereocenters. The standard InChI is InChI=1S/C18H23NO/c1-20-18-8-7-14(11-15-9-10-19-13-15)12-17(18)16-5-3-2-4-6-16/h7-12,16,19H,2-6,13H2,1H3. The van der Waals surface area contributed by atoms with Gasteiger partial charge in [-0.25, -0.2) is 0 Å². The molecule has 1 fully saturated rings. The van der Waals surface area contributed by atoms with Gasteiger partial charge < -0.3 is 10.1 Å². The molecule has 2 nitrogen and oxygen atoms in total. The van der Waals surface area contributed by atoms with Gasteiger partial charge in [-0.1, -0.05) is 25.3 Å². The lowest BCUT2D eigenvalue weighted by Crippen LogP contribution is -2.06. The van der Waals surface area contributed by atoms with Gasteiger partial charge in [0, 0.05) is 6.54 Å². The van der Waals surface area contributed by atoms with Crippen LogP contribution in [0, 0.1) is 0 Å². The highest BCUT2D eigenvalue weighted by Gasteiger charge is 2.19. The highest BCUT2D eigenvalue weighted by atomic mass is 16.5. The molecule has 106 valence electrons. The Morgan fingerprint density at radius 2 is 2.05 bits per heavy atom. The van der Waals surface area contributed by atoms with Crippen molar-refractivity contribution in [2.75, 3.05) is 13.7 Å². The quantitative estimate of drug-likeness (QED) is 0.886. The zero-order valence-electron chi connectivity index (χ0n) is 12.2. The zero-order chi connectivity index (χ0) is 13.8. The summed E-state index contributed by atoms with van der Waals surface area (Å²) in [6.45, 7) is 0.935. The molecule has 1 N–H and O–H groups in total. The van der Waals surface area contributed by atoms with Crippen molar-refractivity contribution in [1.29, 1.82) is 0 Å². The van der Waals surface area contributed by atoms with Crippen molar-refractivity contribution in [2.45, 2.75) is 38.0 Å². The highest BCUT2D eigenvalue weighted by Crippen LogP contribution is 2.38. The summed E-state index contributed by atoms with van der Waals surface area (Å²) >= 11 is 0. The lowest BCUT2D eigenvalue weighted by molar-refractivity contribution is 0.387. The largest absolute Gasteiger partial charge is 0.496 e. The summed E-state index contributed by atoms with van der Waals surface area (Å²) < 4.78 is 5.58. The molecule has 1 heterocycles. The Kier molecular flexibility index (Phi) is 4.10. The van der Waals surface area contributed by atoms with Crippen LogP contribution in [-0.4, -0.2) is 13.7 Å². The van der Waals surface area contributed by atoms with E-state index in [4.69, 9.17) is 4.74 Å². The molecule has 1 aromatic rings. The van der Waals surface area contributed by atoms with Gasteiger partial charge in [-0.05, 0) is 65.9 Å². The molecule has 1 saturated carbocycles. The van der Waals surface area contributed by atoms with Crippen molar-refractivity contribution in [3.8, 4) is 5.75 Å². The topological polar surface area (TPSA) is 21.3 Å². The van der Waals surface area contributed by atoms with E-state index in [1.165, 1.54) is 48.8 Å². The predicted molar refractivity (Wildman–Crippen MR) is 83.9 cm³/mol. The summed E-state index contributed by atoms with van der Waals surface area (Å²) in [7, 11) is 1.78. The van der Waals surface area contributed by atoms with E-state index < -0.39 is 0 Å². The molecule has 0 aromatic heterocycles. The van der Waals surface area contributed by atoms with E-state index >= 15 is 0 Å². The first-order chi connectivity index (χ1) is 9.86.